The van der Waals surface area contributed by atoms with E-state index >= 15 is 0 Å². The van der Waals surface area contributed by atoms with E-state index in [9.17, 15) is 0 Å². The van der Waals surface area contributed by atoms with Gasteiger partial charge in [-0.1, -0.05) is 6.92 Å². The Hall–Kier alpha value is 0.230. The summed E-state index contributed by atoms with van der Waals surface area (Å²) in [5.41, 5.74) is 5.96. The van der Waals surface area contributed by atoms with Crippen LogP contribution in [0.25, 0.3) is 0 Å². The summed E-state index contributed by atoms with van der Waals surface area (Å²) in [6.07, 6.45) is 1.25. The zero-order valence-corrected chi connectivity index (χ0v) is 11.7. The van der Waals surface area contributed by atoms with Crippen LogP contribution in [0.15, 0.2) is 0 Å². The van der Waals surface area contributed by atoms with Gasteiger partial charge in [-0.05, 0) is 20.3 Å². The summed E-state index contributed by atoms with van der Waals surface area (Å²) in [4.78, 5) is 2.52. The van der Waals surface area contributed by atoms with Gasteiger partial charge in [0.05, 0.1) is 12.1 Å². The number of nitrogens with zero attached hydrogens (tertiary/aromatic N) is 1. The molecule has 2 unspecified atom stereocenters. The third-order valence-corrected chi connectivity index (χ3v) is 4.79. The van der Waals surface area contributed by atoms with Crippen LogP contribution in [0.5, 0.6) is 0 Å². The highest BCUT2D eigenvalue weighted by Gasteiger charge is 2.34. The molecule has 0 aromatic carbocycles. The molecule has 1 heterocycles. The maximum Gasteiger partial charge on any atom is 0.0659 e. The van der Waals surface area contributed by atoms with Gasteiger partial charge in [0.25, 0.3) is 0 Å². The first-order valence-electron chi connectivity index (χ1n) is 6.30. The zero-order chi connectivity index (χ0) is 12.0. The average Bonchev–Trinajstić information content (AvgIpc) is 2.36. The Bertz CT molecular complexity index is 203. The highest BCUT2D eigenvalue weighted by molar-refractivity contribution is 8.00. The second-order valence-electron chi connectivity index (χ2n) is 4.69. The Kier molecular flexibility index (Phi) is 6.11. The van der Waals surface area contributed by atoms with Crippen LogP contribution >= 0.6 is 11.8 Å². The van der Waals surface area contributed by atoms with Gasteiger partial charge in [-0.3, -0.25) is 4.90 Å². The van der Waals surface area contributed by atoms with Crippen molar-refractivity contribution in [3.63, 3.8) is 0 Å². The summed E-state index contributed by atoms with van der Waals surface area (Å²) in [5, 5.41) is 0.765. The number of rotatable bonds is 6. The van der Waals surface area contributed by atoms with Crippen LogP contribution in [0.2, 0.25) is 0 Å². The molecule has 96 valence electrons. The van der Waals surface area contributed by atoms with Crippen LogP contribution in [0.3, 0.4) is 0 Å². The highest BCUT2D eigenvalue weighted by atomic mass is 32.2. The van der Waals surface area contributed by atoms with Gasteiger partial charge in [-0.15, -0.1) is 0 Å². The van der Waals surface area contributed by atoms with E-state index in [1.54, 1.807) is 0 Å². The first-order chi connectivity index (χ1) is 7.66. The van der Waals surface area contributed by atoms with Crippen LogP contribution in [0, 0.1) is 0 Å². The molecule has 1 aliphatic heterocycles. The van der Waals surface area contributed by atoms with Crippen molar-refractivity contribution in [2.75, 3.05) is 38.6 Å². The molecule has 0 bridgehead atoms. The topological polar surface area (TPSA) is 38.5 Å². The van der Waals surface area contributed by atoms with Crippen LogP contribution in [0.4, 0.5) is 0 Å². The van der Waals surface area contributed by atoms with Gasteiger partial charge >= 0.3 is 0 Å². The Morgan fingerprint density at radius 1 is 1.50 bits per heavy atom. The van der Waals surface area contributed by atoms with Crippen LogP contribution in [-0.4, -0.2) is 54.3 Å². The lowest BCUT2D eigenvalue weighted by Crippen LogP contribution is -2.58. The molecule has 0 aromatic rings. The molecule has 0 amide bonds. The molecule has 2 N–H and O–H groups in total. The second kappa shape index (κ2) is 6.84. The number of thioether (sulfide) groups is 1. The molecule has 0 radical (unpaired) electrons. The predicted octanol–water partition coefficient (Wildman–Crippen LogP) is 1.57. The second-order valence-corrected chi connectivity index (χ2v) is 6.09. The molecule has 1 rings (SSSR count). The molecule has 0 aromatic heterocycles. The third kappa shape index (κ3) is 3.62. The number of ether oxygens (including phenoxy) is 1. The van der Waals surface area contributed by atoms with Crippen molar-refractivity contribution in [2.45, 2.75) is 38.0 Å². The molecule has 4 heteroatoms. The summed E-state index contributed by atoms with van der Waals surface area (Å²) >= 11 is 2.09. The van der Waals surface area contributed by atoms with Crippen LogP contribution in [-0.2, 0) is 4.74 Å². The van der Waals surface area contributed by atoms with Crippen molar-refractivity contribution in [1.29, 1.82) is 0 Å². The normalized spacial score (nSPS) is 26.6. The summed E-state index contributed by atoms with van der Waals surface area (Å²) < 4.78 is 5.58. The fourth-order valence-corrected chi connectivity index (χ4v) is 3.24. The molecular weight excluding hydrogens is 220 g/mol. The van der Waals surface area contributed by atoms with Gasteiger partial charge in [-0.2, -0.15) is 11.8 Å². The van der Waals surface area contributed by atoms with Gasteiger partial charge in [0, 0.05) is 37.2 Å². The van der Waals surface area contributed by atoms with E-state index in [0.717, 1.165) is 31.6 Å². The SMILES string of the molecule is CCOCC(C)(CN)N1CCSC(CC)C1. The smallest absolute Gasteiger partial charge is 0.0659 e. The zero-order valence-electron chi connectivity index (χ0n) is 10.9. The highest BCUT2D eigenvalue weighted by Crippen LogP contribution is 2.26. The molecule has 1 aliphatic rings. The van der Waals surface area contributed by atoms with Crippen molar-refractivity contribution in [3.05, 3.63) is 0 Å². The van der Waals surface area contributed by atoms with Gasteiger partial charge in [0.15, 0.2) is 0 Å². The molecule has 0 saturated carbocycles. The van der Waals surface area contributed by atoms with E-state index < -0.39 is 0 Å². The Balaban J connectivity index is 2.56. The third-order valence-electron chi connectivity index (χ3n) is 3.41. The van der Waals surface area contributed by atoms with Crippen LogP contribution in [0.1, 0.15) is 27.2 Å². The van der Waals surface area contributed by atoms with Crippen LogP contribution < -0.4 is 5.73 Å². The first kappa shape index (κ1) is 14.3. The van der Waals surface area contributed by atoms with Gasteiger partial charge in [-0.25, -0.2) is 0 Å². The largest absolute Gasteiger partial charge is 0.380 e. The van der Waals surface area contributed by atoms with Gasteiger partial charge < -0.3 is 10.5 Å². The molecule has 0 spiro atoms. The lowest BCUT2D eigenvalue weighted by molar-refractivity contribution is 0.0118. The minimum atomic E-state index is 0.0183. The first-order valence-corrected chi connectivity index (χ1v) is 7.35. The van der Waals surface area contributed by atoms with E-state index in [-0.39, 0.29) is 5.54 Å². The number of nitrogens with two attached hydrogens (primary N) is 1. The Morgan fingerprint density at radius 2 is 2.25 bits per heavy atom. The quantitative estimate of drug-likeness (QED) is 0.772. The van der Waals surface area contributed by atoms with Gasteiger partial charge in [0.1, 0.15) is 0 Å². The van der Waals surface area contributed by atoms with E-state index in [4.69, 9.17) is 10.5 Å². The van der Waals surface area contributed by atoms with Crippen molar-refractivity contribution in [1.82, 2.24) is 4.90 Å². The van der Waals surface area contributed by atoms with E-state index in [1.165, 1.54) is 12.2 Å². The minimum absolute atomic E-state index is 0.0183. The summed E-state index contributed by atoms with van der Waals surface area (Å²) in [7, 11) is 0. The number of hydrogen-bond donors (Lipinski definition) is 1. The molecule has 0 aliphatic carbocycles. The minimum Gasteiger partial charge on any atom is -0.380 e. The Morgan fingerprint density at radius 3 is 2.81 bits per heavy atom. The fraction of sp³-hybridized carbons (Fsp3) is 1.00. The lowest BCUT2D eigenvalue weighted by Gasteiger charge is -2.44. The fourth-order valence-electron chi connectivity index (χ4n) is 2.06. The molecular formula is C12H26N2OS. The molecule has 1 fully saturated rings. The number of hydrogen-bond acceptors (Lipinski definition) is 4. The van der Waals surface area contributed by atoms with Crippen molar-refractivity contribution < 1.29 is 4.74 Å². The average molecular weight is 246 g/mol. The lowest BCUT2D eigenvalue weighted by atomic mass is 10.0. The van der Waals surface area contributed by atoms with E-state index in [2.05, 4.69) is 30.5 Å². The predicted molar refractivity (Wildman–Crippen MR) is 72.1 cm³/mol. The summed E-state index contributed by atoms with van der Waals surface area (Å²) in [6, 6.07) is 0. The summed E-state index contributed by atoms with van der Waals surface area (Å²) in [5.74, 6) is 1.22. The van der Waals surface area contributed by atoms with Gasteiger partial charge in [0.2, 0.25) is 0 Å². The monoisotopic (exact) mass is 246 g/mol. The van der Waals surface area contributed by atoms with Crippen molar-refractivity contribution >= 4 is 11.8 Å². The maximum atomic E-state index is 5.94. The molecule has 2 atom stereocenters. The summed E-state index contributed by atoms with van der Waals surface area (Å²) in [6.45, 7) is 11.0. The molecule has 16 heavy (non-hydrogen) atoms. The maximum absolute atomic E-state index is 5.94. The van der Waals surface area contributed by atoms with Crippen molar-refractivity contribution in [3.8, 4) is 0 Å². The van der Waals surface area contributed by atoms with Crippen molar-refractivity contribution in [2.24, 2.45) is 5.73 Å². The molecule has 3 nitrogen and oxygen atoms in total. The van der Waals surface area contributed by atoms with E-state index in [1.807, 2.05) is 6.92 Å². The standard InChI is InChI=1S/C12H26N2OS/c1-4-11-8-14(6-7-16-11)12(3,9-13)10-15-5-2/h11H,4-10,13H2,1-3H3. The van der Waals surface area contributed by atoms with E-state index in [0.29, 0.717) is 6.54 Å². The molecule has 1 saturated heterocycles. The Labute approximate surface area is 104 Å².